The van der Waals surface area contributed by atoms with Crippen LogP contribution in [0.5, 0.6) is 0 Å². The van der Waals surface area contributed by atoms with Gasteiger partial charge in [-0.2, -0.15) is 0 Å². The van der Waals surface area contributed by atoms with Gasteiger partial charge in [-0.15, -0.1) is 11.3 Å². The maximum atomic E-state index is 10.3. The van der Waals surface area contributed by atoms with E-state index < -0.39 is 5.60 Å². The summed E-state index contributed by atoms with van der Waals surface area (Å²) in [5.74, 6) is 0. The second-order valence-corrected chi connectivity index (χ2v) is 5.91. The van der Waals surface area contributed by atoms with Crippen LogP contribution in [0.4, 0.5) is 0 Å². The molecule has 1 atom stereocenters. The first-order valence-electron chi connectivity index (χ1n) is 5.83. The lowest BCUT2D eigenvalue weighted by Crippen LogP contribution is -2.42. The Morgan fingerprint density at radius 3 is 3.00 bits per heavy atom. The van der Waals surface area contributed by atoms with Crippen molar-refractivity contribution >= 4 is 16.3 Å². The molecule has 0 aliphatic carbocycles. The number of hydrogen-bond acceptors (Lipinski definition) is 4. The van der Waals surface area contributed by atoms with Crippen LogP contribution in [0, 0.1) is 0 Å². The molecule has 4 nitrogen and oxygen atoms in total. The minimum absolute atomic E-state index is 0.381. The zero-order valence-corrected chi connectivity index (χ0v) is 11.3. The summed E-state index contributed by atoms with van der Waals surface area (Å²) in [4.78, 5) is 5.46. The maximum absolute atomic E-state index is 10.3. The third-order valence-electron chi connectivity index (χ3n) is 2.60. The molecule has 1 unspecified atom stereocenters. The molecule has 0 radical (unpaired) electrons. The Bertz CT molecular complexity index is 458. The number of imidazole rings is 1. The van der Waals surface area contributed by atoms with Crippen molar-refractivity contribution in [1.82, 2.24) is 14.7 Å². The molecule has 0 aromatic carbocycles. The van der Waals surface area contributed by atoms with Crippen LogP contribution in [-0.4, -0.2) is 32.7 Å². The standard InChI is InChI=1S/C12H19N3OS/c1-9(2)13-8-12(3,16)6-10-7-15-4-5-17-11(15)14-10/h4-5,7,9,13,16H,6,8H2,1-3H3. The number of rotatable bonds is 5. The normalized spacial score (nSPS) is 15.6. The molecule has 2 aromatic heterocycles. The minimum atomic E-state index is -0.756. The molecule has 0 fully saturated rings. The number of thiazole rings is 1. The van der Waals surface area contributed by atoms with Crippen LogP contribution in [0.15, 0.2) is 17.8 Å². The van der Waals surface area contributed by atoms with Crippen molar-refractivity contribution in [3.05, 3.63) is 23.5 Å². The third-order valence-corrected chi connectivity index (χ3v) is 3.37. The molecule has 17 heavy (non-hydrogen) atoms. The summed E-state index contributed by atoms with van der Waals surface area (Å²) in [6.45, 7) is 6.57. The van der Waals surface area contributed by atoms with Gasteiger partial charge >= 0.3 is 0 Å². The molecular weight excluding hydrogens is 234 g/mol. The minimum Gasteiger partial charge on any atom is -0.388 e. The summed E-state index contributed by atoms with van der Waals surface area (Å²) in [7, 11) is 0. The Labute approximate surface area is 105 Å². The lowest BCUT2D eigenvalue weighted by Gasteiger charge is -2.24. The topological polar surface area (TPSA) is 49.6 Å². The highest BCUT2D eigenvalue weighted by molar-refractivity contribution is 7.15. The van der Waals surface area contributed by atoms with E-state index in [4.69, 9.17) is 0 Å². The number of hydrogen-bond donors (Lipinski definition) is 2. The van der Waals surface area contributed by atoms with Crippen molar-refractivity contribution in [2.45, 2.75) is 38.8 Å². The molecule has 2 heterocycles. The fraction of sp³-hybridized carbons (Fsp3) is 0.583. The molecule has 0 saturated heterocycles. The van der Waals surface area contributed by atoms with Crippen LogP contribution in [0.25, 0.3) is 4.96 Å². The second kappa shape index (κ2) is 4.76. The van der Waals surface area contributed by atoms with Gasteiger partial charge in [0.25, 0.3) is 0 Å². The molecule has 0 amide bonds. The van der Waals surface area contributed by atoms with Gasteiger partial charge in [0, 0.05) is 36.8 Å². The first kappa shape index (κ1) is 12.5. The average molecular weight is 253 g/mol. The quantitative estimate of drug-likeness (QED) is 0.852. The van der Waals surface area contributed by atoms with Crippen molar-refractivity contribution in [2.75, 3.05) is 6.54 Å². The fourth-order valence-corrected chi connectivity index (χ4v) is 2.46. The predicted molar refractivity (Wildman–Crippen MR) is 70.5 cm³/mol. The highest BCUT2D eigenvalue weighted by Gasteiger charge is 2.22. The molecule has 2 aromatic rings. The number of nitrogens with zero attached hydrogens (tertiary/aromatic N) is 2. The first-order valence-corrected chi connectivity index (χ1v) is 6.71. The van der Waals surface area contributed by atoms with Crippen LogP contribution < -0.4 is 5.32 Å². The largest absolute Gasteiger partial charge is 0.388 e. The van der Waals surface area contributed by atoms with E-state index in [9.17, 15) is 5.11 Å². The highest BCUT2D eigenvalue weighted by atomic mass is 32.1. The lowest BCUT2D eigenvalue weighted by atomic mass is 10.0. The van der Waals surface area contributed by atoms with E-state index in [2.05, 4.69) is 24.1 Å². The Hall–Kier alpha value is -0.910. The Kier molecular flexibility index (Phi) is 3.51. The second-order valence-electron chi connectivity index (χ2n) is 5.03. The SMILES string of the molecule is CC(C)NCC(C)(O)Cc1cn2ccsc2n1. The van der Waals surface area contributed by atoms with Gasteiger partial charge in [0.2, 0.25) is 0 Å². The van der Waals surface area contributed by atoms with Gasteiger partial charge in [0.1, 0.15) is 0 Å². The zero-order valence-electron chi connectivity index (χ0n) is 10.5. The van der Waals surface area contributed by atoms with Crippen molar-refractivity contribution in [1.29, 1.82) is 0 Å². The number of fused-ring (bicyclic) bond motifs is 1. The number of aromatic nitrogens is 2. The third kappa shape index (κ3) is 3.28. The van der Waals surface area contributed by atoms with Crippen LogP contribution >= 0.6 is 11.3 Å². The molecule has 5 heteroatoms. The molecule has 0 spiro atoms. The van der Waals surface area contributed by atoms with E-state index in [1.807, 2.05) is 29.1 Å². The van der Waals surface area contributed by atoms with Gasteiger partial charge in [0.05, 0.1) is 11.3 Å². The molecule has 94 valence electrons. The van der Waals surface area contributed by atoms with E-state index in [-0.39, 0.29) is 0 Å². The van der Waals surface area contributed by atoms with Gasteiger partial charge in [-0.05, 0) is 6.92 Å². The van der Waals surface area contributed by atoms with Crippen LogP contribution in [0.2, 0.25) is 0 Å². The van der Waals surface area contributed by atoms with Crippen molar-refractivity contribution in [3.8, 4) is 0 Å². The summed E-state index contributed by atoms with van der Waals surface area (Å²) in [6.07, 6.45) is 4.54. The van der Waals surface area contributed by atoms with Crippen molar-refractivity contribution in [3.63, 3.8) is 0 Å². The van der Waals surface area contributed by atoms with Crippen LogP contribution in [-0.2, 0) is 6.42 Å². The number of aliphatic hydroxyl groups is 1. The van der Waals surface area contributed by atoms with E-state index in [0.29, 0.717) is 19.0 Å². The summed E-state index contributed by atoms with van der Waals surface area (Å²) >= 11 is 1.61. The van der Waals surface area contributed by atoms with Crippen molar-refractivity contribution in [2.24, 2.45) is 0 Å². The summed E-state index contributed by atoms with van der Waals surface area (Å²) in [6, 6.07) is 0.381. The average Bonchev–Trinajstić information content (AvgIpc) is 2.74. The molecular formula is C12H19N3OS. The van der Waals surface area contributed by atoms with Gasteiger partial charge in [-0.1, -0.05) is 13.8 Å². The van der Waals surface area contributed by atoms with E-state index >= 15 is 0 Å². The molecule has 2 rings (SSSR count). The van der Waals surface area contributed by atoms with Gasteiger partial charge in [-0.3, -0.25) is 4.40 Å². The van der Waals surface area contributed by atoms with E-state index in [0.717, 1.165) is 10.7 Å². The summed E-state index contributed by atoms with van der Waals surface area (Å²) in [5, 5.41) is 15.5. The van der Waals surface area contributed by atoms with Crippen molar-refractivity contribution < 1.29 is 5.11 Å². The highest BCUT2D eigenvalue weighted by Crippen LogP contribution is 2.16. The Morgan fingerprint density at radius 2 is 2.35 bits per heavy atom. The molecule has 0 saturated carbocycles. The fourth-order valence-electron chi connectivity index (χ4n) is 1.74. The molecule has 2 N–H and O–H groups in total. The van der Waals surface area contributed by atoms with Gasteiger partial charge < -0.3 is 10.4 Å². The van der Waals surface area contributed by atoms with Crippen LogP contribution in [0.3, 0.4) is 0 Å². The monoisotopic (exact) mass is 253 g/mol. The van der Waals surface area contributed by atoms with Gasteiger partial charge in [0.15, 0.2) is 4.96 Å². The molecule has 0 bridgehead atoms. The lowest BCUT2D eigenvalue weighted by molar-refractivity contribution is 0.0573. The predicted octanol–water partition coefficient (Wildman–Crippen LogP) is 1.69. The maximum Gasteiger partial charge on any atom is 0.193 e. The van der Waals surface area contributed by atoms with E-state index in [1.54, 1.807) is 11.3 Å². The first-order chi connectivity index (χ1) is 7.96. The smallest absolute Gasteiger partial charge is 0.193 e. The Morgan fingerprint density at radius 1 is 1.59 bits per heavy atom. The molecule has 0 aliphatic rings. The van der Waals surface area contributed by atoms with E-state index in [1.165, 1.54) is 0 Å². The molecule has 0 aliphatic heterocycles. The van der Waals surface area contributed by atoms with Gasteiger partial charge in [-0.25, -0.2) is 4.98 Å². The Balaban J connectivity index is 2.01. The summed E-state index contributed by atoms with van der Waals surface area (Å²) < 4.78 is 1.99. The van der Waals surface area contributed by atoms with Crippen LogP contribution in [0.1, 0.15) is 26.5 Å². The zero-order chi connectivity index (χ0) is 12.5. The number of nitrogens with one attached hydrogen (secondary N) is 1. The summed E-state index contributed by atoms with van der Waals surface area (Å²) in [5.41, 5.74) is 0.182.